The first-order valence-corrected chi connectivity index (χ1v) is 9.56. The Morgan fingerprint density at radius 3 is 2.40 bits per heavy atom. The lowest BCUT2D eigenvalue weighted by Gasteiger charge is -2.32. The fourth-order valence-electron chi connectivity index (χ4n) is 3.49. The highest BCUT2D eigenvalue weighted by Crippen LogP contribution is 2.31. The Morgan fingerprint density at radius 1 is 1.08 bits per heavy atom. The Balaban J connectivity index is 1.70. The van der Waals surface area contributed by atoms with Crippen LogP contribution in [0.5, 0.6) is 5.75 Å². The Hall–Kier alpha value is -1.10. The van der Waals surface area contributed by atoms with Crippen LogP contribution in [0.15, 0.2) is 18.2 Å². The summed E-state index contributed by atoms with van der Waals surface area (Å²) in [4.78, 5) is 1.57. The van der Waals surface area contributed by atoms with E-state index in [9.17, 15) is 0 Å². The molecule has 0 amide bonds. The second kappa shape index (κ2) is 9.02. The van der Waals surface area contributed by atoms with Crippen LogP contribution in [0, 0.1) is 6.92 Å². The summed E-state index contributed by atoms with van der Waals surface area (Å²) in [6.07, 6.45) is 0.693. The number of hydrogen-bond acceptors (Lipinski definition) is 3. The van der Waals surface area contributed by atoms with Gasteiger partial charge in [0.1, 0.15) is 44.2 Å². The number of benzene rings is 1. The molecule has 2 rings (SSSR count). The number of morpholine rings is 1. The van der Waals surface area contributed by atoms with Gasteiger partial charge in [-0.3, -0.25) is 0 Å². The van der Waals surface area contributed by atoms with Gasteiger partial charge in [-0.05, 0) is 43.4 Å². The normalized spacial score (nSPS) is 24.3. The van der Waals surface area contributed by atoms with Crippen molar-refractivity contribution in [3.63, 3.8) is 0 Å². The van der Waals surface area contributed by atoms with Gasteiger partial charge < -0.3 is 19.1 Å². The molecule has 0 aliphatic carbocycles. The standard InChI is InChI=1S/C21H35NO3/c1-16-7-8-19(21(4,5)6)20(13-16)24-12-11-23-10-9-22-14-17(2)25-18(3)15-22/h7-8,13,17-18H,9-12,14-15H2,1-6H3/p+1/t17-,18+. The quantitative estimate of drug-likeness (QED) is 0.767. The number of rotatable bonds is 7. The molecule has 4 heteroatoms. The summed E-state index contributed by atoms with van der Waals surface area (Å²) in [6, 6.07) is 6.45. The van der Waals surface area contributed by atoms with Gasteiger partial charge in [0.05, 0.1) is 13.2 Å². The van der Waals surface area contributed by atoms with E-state index in [0.717, 1.165) is 32.0 Å². The Bertz CT molecular complexity index is 528. The fourth-order valence-corrected chi connectivity index (χ4v) is 3.49. The lowest BCUT2D eigenvalue weighted by molar-refractivity contribution is -0.915. The molecule has 0 aromatic heterocycles. The molecular formula is C21H36NO3+. The van der Waals surface area contributed by atoms with Crippen LogP contribution in [0.25, 0.3) is 0 Å². The second-order valence-electron chi connectivity index (χ2n) is 8.38. The highest BCUT2D eigenvalue weighted by molar-refractivity contribution is 5.41. The Labute approximate surface area is 153 Å². The summed E-state index contributed by atoms with van der Waals surface area (Å²) in [5, 5.41) is 0. The summed E-state index contributed by atoms with van der Waals surface area (Å²) >= 11 is 0. The van der Waals surface area contributed by atoms with Crippen molar-refractivity contribution in [1.29, 1.82) is 0 Å². The van der Waals surface area contributed by atoms with Crippen LogP contribution in [0.2, 0.25) is 0 Å². The molecule has 1 unspecified atom stereocenters. The van der Waals surface area contributed by atoms with Crippen molar-refractivity contribution >= 4 is 0 Å². The number of quaternary nitrogens is 1. The van der Waals surface area contributed by atoms with Gasteiger partial charge in [-0.25, -0.2) is 0 Å². The minimum absolute atomic E-state index is 0.0803. The molecule has 1 saturated heterocycles. The van der Waals surface area contributed by atoms with Crippen molar-refractivity contribution in [2.75, 3.05) is 39.5 Å². The van der Waals surface area contributed by atoms with Crippen molar-refractivity contribution in [3.8, 4) is 5.75 Å². The predicted molar refractivity (Wildman–Crippen MR) is 102 cm³/mol. The van der Waals surface area contributed by atoms with E-state index in [1.165, 1.54) is 11.1 Å². The van der Waals surface area contributed by atoms with Crippen LogP contribution in [0.3, 0.4) is 0 Å². The second-order valence-corrected chi connectivity index (χ2v) is 8.38. The molecule has 3 atom stereocenters. The van der Waals surface area contributed by atoms with Crippen LogP contribution >= 0.6 is 0 Å². The summed E-state index contributed by atoms with van der Waals surface area (Å²) < 4.78 is 17.6. The SMILES string of the molecule is Cc1ccc(C(C)(C)C)c(OCCOCC[NH+]2C[C@@H](C)O[C@@H](C)C2)c1. The van der Waals surface area contributed by atoms with Crippen LogP contribution in [-0.4, -0.2) is 51.7 Å². The third-order valence-corrected chi connectivity index (χ3v) is 4.65. The number of nitrogens with one attached hydrogen (secondary N) is 1. The molecule has 4 nitrogen and oxygen atoms in total. The highest BCUT2D eigenvalue weighted by atomic mass is 16.5. The van der Waals surface area contributed by atoms with Crippen LogP contribution in [0.4, 0.5) is 0 Å². The van der Waals surface area contributed by atoms with Crippen molar-refractivity contribution in [2.24, 2.45) is 0 Å². The molecule has 0 radical (unpaired) electrons. The van der Waals surface area contributed by atoms with Gasteiger partial charge in [0.15, 0.2) is 0 Å². The van der Waals surface area contributed by atoms with Gasteiger partial charge in [0.2, 0.25) is 0 Å². The number of ether oxygens (including phenoxy) is 3. The van der Waals surface area contributed by atoms with Gasteiger partial charge in [-0.1, -0.05) is 32.9 Å². The molecule has 1 aliphatic heterocycles. The number of aryl methyl sites for hydroxylation is 1. The van der Waals surface area contributed by atoms with E-state index >= 15 is 0 Å². The van der Waals surface area contributed by atoms with Crippen LogP contribution in [-0.2, 0) is 14.9 Å². The van der Waals surface area contributed by atoms with Gasteiger partial charge in [-0.2, -0.15) is 0 Å². The molecule has 1 N–H and O–H groups in total. The van der Waals surface area contributed by atoms with E-state index in [1.54, 1.807) is 4.90 Å². The maximum Gasteiger partial charge on any atom is 0.123 e. The zero-order valence-electron chi connectivity index (χ0n) is 16.9. The Morgan fingerprint density at radius 2 is 1.76 bits per heavy atom. The molecule has 1 aromatic rings. The third kappa shape index (κ3) is 6.61. The Kier molecular flexibility index (Phi) is 7.29. The van der Waals surface area contributed by atoms with E-state index in [-0.39, 0.29) is 5.41 Å². The zero-order valence-corrected chi connectivity index (χ0v) is 16.9. The molecule has 0 spiro atoms. The van der Waals surface area contributed by atoms with Crippen LogP contribution in [0.1, 0.15) is 45.7 Å². The lowest BCUT2D eigenvalue weighted by Crippen LogP contribution is -3.15. The highest BCUT2D eigenvalue weighted by Gasteiger charge is 2.25. The summed E-state index contributed by atoms with van der Waals surface area (Å²) in [7, 11) is 0. The molecule has 1 aliphatic rings. The fraction of sp³-hybridized carbons (Fsp3) is 0.714. The average molecular weight is 351 g/mol. The zero-order chi connectivity index (χ0) is 18.4. The van der Waals surface area contributed by atoms with E-state index in [4.69, 9.17) is 14.2 Å². The maximum absolute atomic E-state index is 6.02. The van der Waals surface area contributed by atoms with E-state index < -0.39 is 0 Å². The molecule has 1 aromatic carbocycles. The molecule has 0 bridgehead atoms. The molecule has 25 heavy (non-hydrogen) atoms. The first kappa shape index (κ1) is 20.2. The maximum atomic E-state index is 6.02. The van der Waals surface area contributed by atoms with Gasteiger partial charge in [0, 0.05) is 0 Å². The minimum Gasteiger partial charge on any atom is -0.491 e. The average Bonchev–Trinajstić information content (AvgIpc) is 2.48. The predicted octanol–water partition coefficient (Wildman–Crippen LogP) is 2.38. The monoisotopic (exact) mass is 350 g/mol. The van der Waals surface area contributed by atoms with E-state index in [2.05, 4.69) is 59.7 Å². The molecular weight excluding hydrogens is 314 g/mol. The summed E-state index contributed by atoms with van der Waals surface area (Å²) in [5.74, 6) is 0.984. The van der Waals surface area contributed by atoms with E-state index in [0.29, 0.717) is 25.4 Å². The summed E-state index contributed by atoms with van der Waals surface area (Å²) in [5.41, 5.74) is 2.55. The lowest BCUT2D eigenvalue weighted by atomic mass is 9.86. The molecule has 142 valence electrons. The first-order valence-electron chi connectivity index (χ1n) is 9.56. The van der Waals surface area contributed by atoms with E-state index in [1.807, 2.05) is 0 Å². The molecule has 1 fully saturated rings. The van der Waals surface area contributed by atoms with Gasteiger partial charge >= 0.3 is 0 Å². The van der Waals surface area contributed by atoms with Crippen molar-refractivity contribution in [3.05, 3.63) is 29.3 Å². The summed E-state index contributed by atoms with van der Waals surface area (Å²) in [6.45, 7) is 18.2. The number of hydrogen-bond donors (Lipinski definition) is 1. The topological polar surface area (TPSA) is 32.1 Å². The molecule has 1 heterocycles. The smallest absolute Gasteiger partial charge is 0.123 e. The van der Waals surface area contributed by atoms with Gasteiger partial charge in [0.25, 0.3) is 0 Å². The third-order valence-electron chi connectivity index (χ3n) is 4.65. The minimum atomic E-state index is 0.0803. The largest absolute Gasteiger partial charge is 0.491 e. The van der Waals surface area contributed by atoms with Gasteiger partial charge in [-0.15, -0.1) is 0 Å². The van der Waals surface area contributed by atoms with Crippen molar-refractivity contribution < 1.29 is 19.1 Å². The first-order chi connectivity index (χ1) is 11.8. The van der Waals surface area contributed by atoms with Crippen molar-refractivity contribution in [1.82, 2.24) is 0 Å². The van der Waals surface area contributed by atoms with Crippen molar-refractivity contribution in [2.45, 2.75) is 59.2 Å². The van der Waals surface area contributed by atoms with Crippen LogP contribution < -0.4 is 9.64 Å². The molecule has 0 saturated carbocycles.